The van der Waals surface area contributed by atoms with Crippen LogP contribution in [0, 0.1) is 11.6 Å². The quantitative estimate of drug-likeness (QED) is 0.574. The second-order valence-electron chi connectivity index (χ2n) is 4.19. The molecule has 0 aliphatic carbocycles. The zero-order valence-corrected chi connectivity index (χ0v) is 9.53. The summed E-state index contributed by atoms with van der Waals surface area (Å²) in [5.74, 6) is -0.603. The summed E-state index contributed by atoms with van der Waals surface area (Å²) in [6.07, 6.45) is 0. The van der Waals surface area contributed by atoms with Crippen LogP contribution in [-0.2, 0) is 0 Å². The molecule has 0 heterocycles. The van der Waals surface area contributed by atoms with Crippen LogP contribution in [0.4, 0.5) is 8.78 Å². The van der Waals surface area contributed by atoms with Gasteiger partial charge in [-0.25, -0.2) is 8.78 Å². The van der Waals surface area contributed by atoms with E-state index >= 15 is 0 Å². The first-order valence-electron chi connectivity index (χ1n) is 5.68. The van der Waals surface area contributed by atoms with Gasteiger partial charge in [-0.05, 0) is 40.8 Å². The maximum atomic E-state index is 13.9. The van der Waals surface area contributed by atoms with Crippen molar-refractivity contribution in [3.8, 4) is 11.1 Å². The molecule has 0 aliphatic heterocycles. The van der Waals surface area contributed by atoms with Crippen LogP contribution >= 0.6 is 0 Å². The van der Waals surface area contributed by atoms with Crippen LogP contribution in [0.5, 0.6) is 0 Å². The number of benzene rings is 3. The van der Waals surface area contributed by atoms with Crippen molar-refractivity contribution in [2.75, 3.05) is 0 Å². The zero-order valence-electron chi connectivity index (χ0n) is 9.53. The lowest BCUT2D eigenvalue weighted by Gasteiger charge is -2.05. The highest BCUT2D eigenvalue weighted by atomic mass is 19.1. The number of fused-ring (bicyclic) bond motifs is 1. The van der Waals surface area contributed by atoms with Crippen molar-refractivity contribution in [1.82, 2.24) is 0 Å². The number of hydrogen-bond acceptors (Lipinski definition) is 0. The summed E-state index contributed by atoms with van der Waals surface area (Å²) in [4.78, 5) is 0. The van der Waals surface area contributed by atoms with Gasteiger partial charge in [-0.15, -0.1) is 0 Å². The van der Waals surface area contributed by atoms with Crippen LogP contribution < -0.4 is 0 Å². The molecule has 0 N–H and O–H groups in total. The predicted molar refractivity (Wildman–Crippen MR) is 69.3 cm³/mol. The summed E-state index contributed by atoms with van der Waals surface area (Å²) < 4.78 is 27.1. The van der Waals surface area contributed by atoms with Gasteiger partial charge in [0.15, 0.2) is 0 Å². The van der Waals surface area contributed by atoms with E-state index in [9.17, 15) is 8.78 Å². The number of halogens is 2. The summed E-state index contributed by atoms with van der Waals surface area (Å²) in [5, 5.41) is 1.40. The highest BCUT2D eigenvalue weighted by Crippen LogP contribution is 2.27. The first kappa shape index (κ1) is 10.9. The van der Waals surface area contributed by atoms with Crippen LogP contribution in [-0.4, -0.2) is 0 Å². The van der Waals surface area contributed by atoms with Crippen molar-refractivity contribution in [2.24, 2.45) is 0 Å². The fourth-order valence-corrected chi connectivity index (χ4v) is 2.10. The van der Waals surface area contributed by atoms with E-state index in [1.807, 2.05) is 18.2 Å². The van der Waals surface area contributed by atoms with E-state index in [2.05, 4.69) is 0 Å². The molecule has 0 fully saturated rings. The van der Waals surface area contributed by atoms with Crippen molar-refractivity contribution in [1.29, 1.82) is 0 Å². The minimum Gasteiger partial charge on any atom is -0.207 e. The Morgan fingerprint density at radius 3 is 2.33 bits per heavy atom. The molecule has 0 amide bonds. The lowest BCUT2D eigenvalue weighted by molar-refractivity contribution is 0.628. The molecule has 0 aliphatic rings. The van der Waals surface area contributed by atoms with Gasteiger partial charge in [0.2, 0.25) is 0 Å². The first-order valence-corrected chi connectivity index (χ1v) is 5.68. The zero-order chi connectivity index (χ0) is 12.5. The summed E-state index contributed by atoms with van der Waals surface area (Å²) in [6.45, 7) is 0. The Bertz CT molecular complexity index is 717. The molecular formula is C16H10F2. The minimum absolute atomic E-state index is 0.285. The lowest BCUT2D eigenvalue weighted by atomic mass is 10.0. The Kier molecular flexibility index (Phi) is 2.56. The van der Waals surface area contributed by atoms with Crippen LogP contribution in [0.25, 0.3) is 21.9 Å². The summed E-state index contributed by atoms with van der Waals surface area (Å²) in [7, 11) is 0. The maximum absolute atomic E-state index is 13.9. The molecule has 3 aromatic carbocycles. The fraction of sp³-hybridized carbons (Fsp3) is 0. The monoisotopic (exact) mass is 240 g/mol. The maximum Gasteiger partial charge on any atom is 0.131 e. The Labute approximate surface area is 104 Å². The third-order valence-corrected chi connectivity index (χ3v) is 2.97. The summed E-state index contributed by atoms with van der Waals surface area (Å²) in [5.41, 5.74) is 1.37. The van der Waals surface area contributed by atoms with E-state index in [1.54, 1.807) is 24.3 Å². The van der Waals surface area contributed by atoms with Gasteiger partial charge in [-0.2, -0.15) is 0 Å². The van der Waals surface area contributed by atoms with Crippen LogP contribution in [0.1, 0.15) is 0 Å². The standard InChI is InChI=1S/C16H10F2/c17-14-6-3-5-11(9-14)13-8-12-4-1-2-7-15(12)16(18)10-13/h1-10H. The van der Waals surface area contributed by atoms with E-state index in [0.717, 1.165) is 5.39 Å². The summed E-state index contributed by atoms with van der Waals surface area (Å²) in [6, 6.07) is 16.7. The third-order valence-electron chi connectivity index (χ3n) is 2.97. The molecule has 0 aromatic heterocycles. The predicted octanol–water partition coefficient (Wildman–Crippen LogP) is 4.79. The van der Waals surface area contributed by atoms with E-state index in [1.165, 1.54) is 18.2 Å². The van der Waals surface area contributed by atoms with Crippen molar-refractivity contribution in [2.45, 2.75) is 0 Å². The Morgan fingerprint density at radius 1 is 0.667 bits per heavy atom. The molecular weight excluding hydrogens is 230 g/mol. The molecule has 0 radical (unpaired) electrons. The molecule has 0 spiro atoms. The van der Waals surface area contributed by atoms with Gasteiger partial charge < -0.3 is 0 Å². The molecule has 0 unspecified atom stereocenters. The van der Waals surface area contributed by atoms with E-state index in [-0.39, 0.29) is 11.6 Å². The minimum atomic E-state index is -0.318. The molecule has 88 valence electrons. The van der Waals surface area contributed by atoms with Gasteiger partial charge in [0.1, 0.15) is 11.6 Å². The van der Waals surface area contributed by atoms with Gasteiger partial charge in [-0.1, -0.05) is 36.4 Å². The average Bonchev–Trinajstić information content (AvgIpc) is 2.39. The third kappa shape index (κ3) is 1.86. The van der Waals surface area contributed by atoms with Gasteiger partial charge in [0.05, 0.1) is 0 Å². The normalized spacial score (nSPS) is 10.8. The van der Waals surface area contributed by atoms with Gasteiger partial charge in [0, 0.05) is 5.39 Å². The Hall–Kier alpha value is -2.22. The van der Waals surface area contributed by atoms with Gasteiger partial charge in [-0.3, -0.25) is 0 Å². The number of rotatable bonds is 1. The van der Waals surface area contributed by atoms with Crippen molar-refractivity contribution in [3.05, 3.63) is 72.3 Å². The summed E-state index contributed by atoms with van der Waals surface area (Å²) >= 11 is 0. The first-order chi connectivity index (χ1) is 8.74. The SMILES string of the molecule is Fc1cccc(-c2cc(F)c3ccccc3c2)c1. The highest BCUT2D eigenvalue weighted by Gasteiger charge is 2.05. The molecule has 0 nitrogen and oxygen atoms in total. The molecule has 3 rings (SSSR count). The van der Waals surface area contributed by atoms with Crippen molar-refractivity contribution in [3.63, 3.8) is 0 Å². The lowest BCUT2D eigenvalue weighted by Crippen LogP contribution is -1.85. The molecule has 18 heavy (non-hydrogen) atoms. The van der Waals surface area contributed by atoms with E-state index in [0.29, 0.717) is 16.5 Å². The molecule has 0 atom stereocenters. The van der Waals surface area contributed by atoms with Gasteiger partial charge >= 0.3 is 0 Å². The molecule has 0 bridgehead atoms. The van der Waals surface area contributed by atoms with Crippen molar-refractivity contribution < 1.29 is 8.78 Å². The second-order valence-corrected chi connectivity index (χ2v) is 4.19. The average molecular weight is 240 g/mol. The molecule has 0 saturated carbocycles. The number of hydrogen-bond donors (Lipinski definition) is 0. The smallest absolute Gasteiger partial charge is 0.131 e. The Balaban J connectivity index is 2.24. The van der Waals surface area contributed by atoms with E-state index in [4.69, 9.17) is 0 Å². The van der Waals surface area contributed by atoms with Crippen LogP contribution in [0.2, 0.25) is 0 Å². The molecule has 3 aromatic rings. The van der Waals surface area contributed by atoms with Gasteiger partial charge in [0.25, 0.3) is 0 Å². The van der Waals surface area contributed by atoms with Crippen LogP contribution in [0.3, 0.4) is 0 Å². The molecule has 0 saturated heterocycles. The van der Waals surface area contributed by atoms with E-state index < -0.39 is 0 Å². The fourth-order valence-electron chi connectivity index (χ4n) is 2.10. The largest absolute Gasteiger partial charge is 0.207 e. The Morgan fingerprint density at radius 2 is 1.50 bits per heavy atom. The molecule has 2 heteroatoms. The topological polar surface area (TPSA) is 0 Å². The highest BCUT2D eigenvalue weighted by molar-refractivity contribution is 5.87. The second kappa shape index (κ2) is 4.22. The van der Waals surface area contributed by atoms with Crippen LogP contribution in [0.15, 0.2) is 60.7 Å². The van der Waals surface area contributed by atoms with Crippen molar-refractivity contribution >= 4 is 10.8 Å².